The lowest BCUT2D eigenvalue weighted by Crippen LogP contribution is -2.43. The van der Waals surface area contributed by atoms with Gasteiger partial charge in [0.1, 0.15) is 12.1 Å². The molecule has 4 heteroatoms. The van der Waals surface area contributed by atoms with Crippen LogP contribution in [0, 0.1) is 0 Å². The maximum Gasteiger partial charge on any atom is 0.133 e. The number of anilines is 1. The Hall–Kier alpha value is -1.16. The monoisotopic (exact) mass is 272 g/mol. The van der Waals surface area contributed by atoms with E-state index in [1.54, 1.807) is 6.33 Å². The highest BCUT2D eigenvalue weighted by atomic mass is 15.2. The number of nitrogens with one attached hydrogen (secondary N) is 1. The van der Waals surface area contributed by atoms with E-state index in [2.05, 4.69) is 20.2 Å². The van der Waals surface area contributed by atoms with Gasteiger partial charge in [0, 0.05) is 29.9 Å². The summed E-state index contributed by atoms with van der Waals surface area (Å²) in [6.45, 7) is 2.58. The minimum atomic E-state index is 0.607. The second kappa shape index (κ2) is 5.32. The van der Waals surface area contributed by atoms with Crippen molar-refractivity contribution in [2.75, 3.05) is 18.4 Å². The van der Waals surface area contributed by atoms with Gasteiger partial charge >= 0.3 is 0 Å². The molecule has 0 saturated carbocycles. The van der Waals surface area contributed by atoms with Gasteiger partial charge in [-0.1, -0.05) is 0 Å². The largest absolute Gasteiger partial charge is 0.367 e. The first kappa shape index (κ1) is 12.6. The van der Waals surface area contributed by atoms with Crippen molar-refractivity contribution in [2.45, 2.75) is 63.5 Å². The number of rotatable bonds is 2. The Morgan fingerprint density at radius 2 is 2.00 bits per heavy atom. The second-order valence-corrected chi connectivity index (χ2v) is 6.55. The van der Waals surface area contributed by atoms with Gasteiger partial charge < -0.3 is 10.2 Å². The van der Waals surface area contributed by atoms with Crippen LogP contribution in [0.15, 0.2) is 6.33 Å². The van der Waals surface area contributed by atoms with Crippen molar-refractivity contribution in [3.05, 3.63) is 17.6 Å². The van der Waals surface area contributed by atoms with Gasteiger partial charge in [-0.25, -0.2) is 9.97 Å². The Balaban J connectivity index is 1.49. The predicted octanol–water partition coefficient (Wildman–Crippen LogP) is 2.39. The van der Waals surface area contributed by atoms with E-state index in [9.17, 15) is 0 Å². The third-order valence-electron chi connectivity index (χ3n) is 5.29. The summed E-state index contributed by atoms with van der Waals surface area (Å²) in [5.74, 6) is 1.13. The van der Waals surface area contributed by atoms with Crippen LogP contribution in [-0.4, -0.2) is 40.0 Å². The number of fused-ring (bicyclic) bond motifs is 2. The molecule has 0 amide bonds. The van der Waals surface area contributed by atoms with Gasteiger partial charge in [0.05, 0.1) is 0 Å². The summed E-state index contributed by atoms with van der Waals surface area (Å²) < 4.78 is 0. The summed E-state index contributed by atoms with van der Waals surface area (Å²) in [4.78, 5) is 11.7. The minimum Gasteiger partial charge on any atom is -0.367 e. The van der Waals surface area contributed by atoms with E-state index in [0.29, 0.717) is 6.04 Å². The van der Waals surface area contributed by atoms with Crippen molar-refractivity contribution in [1.29, 1.82) is 0 Å². The van der Waals surface area contributed by atoms with Crippen molar-refractivity contribution < 1.29 is 0 Å². The normalized spacial score (nSPS) is 29.8. The van der Waals surface area contributed by atoms with Gasteiger partial charge in [0.25, 0.3) is 0 Å². The van der Waals surface area contributed by atoms with E-state index in [1.807, 2.05) is 0 Å². The number of aryl methyl sites for hydroxylation is 1. The third-order valence-corrected chi connectivity index (χ3v) is 5.29. The molecular formula is C16H24N4. The Kier molecular flexibility index (Phi) is 3.34. The van der Waals surface area contributed by atoms with Crippen LogP contribution in [0.1, 0.15) is 49.8 Å². The molecule has 3 heterocycles. The van der Waals surface area contributed by atoms with Gasteiger partial charge in [0.15, 0.2) is 0 Å². The topological polar surface area (TPSA) is 41.1 Å². The summed E-state index contributed by atoms with van der Waals surface area (Å²) in [7, 11) is 0. The highest BCUT2D eigenvalue weighted by Gasteiger charge is 2.32. The molecule has 1 N–H and O–H groups in total. The number of nitrogens with zero attached hydrogens (tertiary/aromatic N) is 3. The molecule has 108 valence electrons. The lowest BCUT2D eigenvalue weighted by molar-refractivity contribution is 0.188. The van der Waals surface area contributed by atoms with E-state index >= 15 is 0 Å². The van der Waals surface area contributed by atoms with Gasteiger partial charge in [-0.3, -0.25) is 0 Å². The van der Waals surface area contributed by atoms with Crippen LogP contribution in [-0.2, 0) is 12.8 Å². The molecule has 1 aromatic rings. The zero-order chi connectivity index (χ0) is 13.4. The molecule has 0 bridgehead atoms. The predicted molar refractivity (Wildman–Crippen MR) is 79.9 cm³/mol. The average molecular weight is 272 g/mol. The van der Waals surface area contributed by atoms with Crippen LogP contribution in [0.25, 0.3) is 0 Å². The fourth-order valence-electron chi connectivity index (χ4n) is 4.19. The molecule has 0 spiro atoms. The van der Waals surface area contributed by atoms with Gasteiger partial charge in [-0.2, -0.15) is 0 Å². The first-order valence-corrected chi connectivity index (χ1v) is 8.23. The molecule has 1 aromatic heterocycles. The van der Waals surface area contributed by atoms with Crippen molar-refractivity contribution in [2.24, 2.45) is 0 Å². The Morgan fingerprint density at radius 1 is 1.05 bits per heavy atom. The van der Waals surface area contributed by atoms with E-state index in [-0.39, 0.29) is 0 Å². The fraction of sp³-hybridized carbons (Fsp3) is 0.750. The fourth-order valence-corrected chi connectivity index (χ4v) is 4.19. The molecule has 20 heavy (non-hydrogen) atoms. The first-order valence-electron chi connectivity index (χ1n) is 8.23. The highest BCUT2D eigenvalue weighted by Crippen LogP contribution is 2.30. The molecule has 2 saturated heterocycles. The Morgan fingerprint density at radius 3 is 3.00 bits per heavy atom. The molecule has 0 radical (unpaired) electrons. The smallest absolute Gasteiger partial charge is 0.133 e. The van der Waals surface area contributed by atoms with Gasteiger partial charge in [-0.05, 0) is 57.9 Å². The van der Waals surface area contributed by atoms with Crippen LogP contribution in [0.4, 0.5) is 5.82 Å². The summed E-state index contributed by atoms with van der Waals surface area (Å²) in [5.41, 5.74) is 2.68. The first-order chi connectivity index (χ1) is 9.90. The molecule has 2 atom stereocenters. The van der Waals surface area contributed by atoms with Crippen molar-refractivity contribution >= 4 is 5.82 Å². The van der Waals surface area contributed by atoms with Gasteiger partial charge in [-0.15, -0.1) is 0 Å². The second-order valence-electron chi connectivity index (χ2n) is 6.55. The Bertz CT molecular complexity index is 487. The van der Waals surface area contributed by atoms with Crippen molar-refractivity contribution in [1.82, 2.24) is 14.9 Å². The molecule has 1 aliphatic carbocycles. The zero-order valence-corrected chi connectivity index (χ0v) is 12.1. The summed E-state index contributed by atoms with van der Waals surface area (Å²) in [5, 5.41) is 3.74. The molecule has 0 aromatic carbocycles. The summed E-state index contributed by atoms with van der Waals surface area (Å²) >= 11 is 0. The molecule has 4 rings (SSSR count). The van der Waals surface area contributed by atoms with Crippen LogP contribution < -0.4 is 5.32 Å². The molecule has 2 fully saturated rings. The maximum absolute atomic E-state index is 4.54. The number of hydrogen-bond donors (Lipinski definition) is 1. The summed E-state index contributed by atoms with van der Waals surface area (Å²) in [6.07, 6.45) is 11.9. The van der Waals surface area contributed by atoms with E-state index in [1.165, 1.54) is 62.9 Å². The van der Waals surface area contributed by atoms with Gasteiger partial charge in [0.2, 0.25) is 0 Å². The molecule has 3 aliphatic rings. The lowest BCUT2D eigenvalue weighted by Gasteiger charge is -2.35. The number of piperidine rings is 1. The highest BCUT2D eigenvalue weighted by molar-refractivity contribution is 5.47. The van der Waals surface area contributed by atoms with Crippen LogP contribution in [0.5, 0.6) is 0 Å². The van der Waals surface area contributed by atoms with E-state index < -0.39 is 0 Å². The van der Waals surface area contributed by atoms with Crippen LogP contribution in [0.2, 0.25) is 0 Å². The standard InChI is InChI=1S/C16H24N4/c1-2-6-15-14(5-1)16(18-11-17-15)19-12-7-9-20-8-3-4-13(20)10-12/h11-13H,1-10H2,(H,17,18,19). The summed E-state index contributed by atoms with van der Waals surface area (Å²) in [6, 6.07) is 1.43. The third kappa shape index (κ3) is 2.30. The quantitative estimate of drug-likeness (QED) is 0.897. The van der Waals surface area contributed by atoms with Crippen molar-refractivity contribution in [3.63, 3.8) is 0 Å². The van der Waals surface area contributed by atoms with E-state index in [4.69, 9.17) is 0 Å². The molecule has 2 unspecified atom stereocenters. The number of aromatic nitrogens is 2. The van der Waals surface area contributed by atoms with Crippen LogP contribution >= 0.6 is 0 Å². The zero-order valence-electron chi connectivity index (χ0n) is 12.1. The van der Waals surface area contributed by atoms with Crippen molar-refractivity contribution in [3.8, 4) is 0 Å². The SMILES string of the molecule is c1nc2c(c(NC3CCN4CCCC4C3)n1)CCCC2. The van der Waals surface area contributed by atoms with E-state index in [0.717, 1.165) is 24.7 Å². The maximum atomic E-state index is 4.54. The molecule has 4 nitrogen and oxygen atoms in total. The van der Waals surface area contributed by atoms with Crippen LogP contribution in [0.3, 0.4) is 0 Å². The minimum absolute atomic E-state index is 0.607. The molecular weight excluding hydrogens is 248 g/mol. The molecule has 2 aliphatic heterocycles. The lowest BCUT2D eigenvalue weighted by atomic mass is 9.94. The number of hydrogen-bond acceptors (Lipinski definition) is 4. The Labute approximate surface area is 121 Å². The average Bonchev–Trinajstić information content (AvgIpc) is 2.95.